The number of rotatable bonds is 1. The van der Waals surface area contributed by atoms with Crippen LogP contribution in [0.1, 0.15) is 6.92 Å². The van der Waals surface area contributed by atoms with Gasteiger partial charge in [-0.05, 0) is 19.1 Å². The molecule has 0 atom stereocenters. The maximum absolute atomic E-state index is 11.5. The quantitative estimate of drug-likeness (QED) is 0.721. The van der Waals surface area contributed by atoms with Crippen LogP contribution in [-0.2, 0) is 10.0 Å². The molecule has 1 N–H and O–H groups in total. The zero-order valence-electron chi connectivity index (χ0n) is 7.77. The minimum absolute atomic E-state index is 0.119. The highest BCUT2D eigenvalue weighted by molar-refractivity contribution is 7.89. The summed E-state index contributed by atoms with van der Waals surface area (Å²) >= 11 is 0. The van der Waals surface area contributed by atoms with E-state index >= 15 is 0 Å². The highest BCUT2D eigenvalue weighted by Gasteiger charge is 2.27. The Kier molecular flexibility index (Phi) is 2.16. The third kappa shape index (κ3) is 1.36. The Balaban J connectivity index is 2.61. The van der Waals surface area contributed by atoms with E-state index in [1.807, 2.05) is 11.8 Å². The number of hydrogen-bond donors (Lipinski definition) is 1. The highest BCUT2D eigenvalue weighted by Crippen LogP contribution is 2.25. The van der Waals surface area contributed by atoms with Crippen molar-refractivity contribution in [3.05, 3.63) is 18.3 Å². The van der Waals surface area contributed by atoms with Crippen molar-refractivity contribution in [1.82, 2.24) is 9.71 Å². The molecule has 0 saturated carbocycles. The summed E-state index contributed by atoms with van der Waals surface area (Å²) in [5.41, 5.74) is 0.675. The van der Waals surface area contributed by atoms with Crippen molar-refractivity contribution in [3.63, 3.8) is 0 Å². The van der Waals surface area contributed by atoms with E-state index in [1.165, 1.54) is 6.20 Å². The Bertz CT molecular complexity index is 444. The first-order valence-corrected chi connectivity index (χ1v) is 5.83. The Morgan fingerprint density at radius 1 is 1.64 bits per heavy atom. The largest absolute Gasteiger partial charge is 0.356 e. The van der Waals surface area contributed by atoms with Crippen LogP contribution in [0.2, 0.25) is 0 Å². The highest BCUT2D eigenvalue weighted by atomic mass is 32.2. The summed E-state index contributed by atoms with van der Waals surface area (Å²) in [6.45, 7) is 3.04. The molecule has 1 aliphatic heterocycles. The molecule has 5 nitrogen and oxygen atoms in total. The molecule has 0 spiro atoms. The smallest absolute Gasteiger partial charge is 0.261 e. The molecule has 0 amide bonds. The van der Waals surface area contributed by atoms with E-state index in [2.05, 4.69) is 9.71 Å². The van der Waals surface area contributed by atoms with E-state index < -0.39 is 10.0 Å². The van der Waals surface area contributed by atoms with Crippen LogP contribution in [0.4, 0.5) is 5.69 Å². The third-order valence-electron chi connectivity index (χ3n) is 2.17. The fraction of sp³-hybridized carbons (Fsp3) is 0.375. The van der Waals surface area contributed by atoms with Crippen molar-refractivity contribution >= 4 is 15.7 Å². The van der Waals surface area contributed by atoms with Gasteiger partial charge < -0.3 is 4.90 Å². The summed E-state index contributed by atoms with van der Waals surface area (Å²) in [4.78, 5) is 5.80. The zero-order valence-corrected chi connectivity index (χ0v) is 8.58. The van der Waals surface area contributed by atoms with E-state index in [4.69, 9.17) is 0 Å². The lowest BCUT2D eigenvalue weighted by Crippen LogP contribution is -2.43. The topological polar surface area (TPSA) is 62.3 Å². The maximum atomic E-state index is 11.5. The van der Waals surface area contributed by atoms with Crippen molar-refractivity contribution in [2.75, 3.05) is 18.1 Å². The van der Waals surface area contributed by atoms with Crippen LogP contribution in [0.5, 0.6) is 0 Å². The molecule has 6 heteroatoms. The molecule has 0 fully saturated rings. The van der Waals surface area contributed by atoms with Crippen LogP contribution < -0.4 is 9.62 Å². The molecular formula is C8H11N3O2S. The molecule has 14 heavy (non-hydrogen) atoms. The van der Waals surface area contributed by atoms with Gasteiger partial charge in [0.2, 0.25) is 0 Å². The first-order chi connectivity index (χ1) is 6.65. The molecule has 0 bridgehead atoms. The maximum Gasteiger partial charge on any atom is 0.261 e. The van der Waals surface area contributed by atoms with Crippen LogP contribution in [-0.4, -0.2) is 26.6 Å². The van der Waals surface area contributed by atoms with Crippen LogP contribution in [0.25, 0.3) is 0 Å². The molecular weight excluding hydrogens is 202 g/mol. The van der Waals surface area contributed by atoms with Crippen molar-refractivity contribution in [3.8, 4) is 0 Å². The standard InChI is InChI=1S/C8H11N3O2S/c1-2-11-6-10-14(12,13)8-7(11)4-3-5-9-8/h3-5,10H,2,6H2,1H3. The second-order valence-corrected chi connectivity index (χ2v) is 4.67. The van der Waals surface area contributed by atoms with E-state index in [1.54, 1.807) is 12.1 Å². The first kappa shape index (κ1) is 9.42. The second-order valence-electron chi connectivity index (χ2n) is 2.99. The molecule has 76 valence electrons. The molecule has 0 saturated heterocycles. The number of fused-ring (bicyclic) bond motifs is 1. The van der Waals surface area contributed by atoms with Gasteiger partial charge in [-0.1, -0.05) is 0 Å². The molecule has 1 aromatic heterocycles. The molecule has 0 unspecified atom stereocenters. The van der Waals surface area contributed by atoms with E-state index in [0.29, 0.717) is 12.4 Å². The van der Waals surface area contributed by atoms with Crippen LogP contribution in [0.15, 0.2) is 23.4 Å². The second kappa shape index (κ2) is 3.21. The summed E-state index contributed by atoms with van der Waals surface area (Å²) in [7, 11) is -3.39. The number of anilines is 1. The summed E-state index contributed by atoms with van der Waals surface area (Å²) in [5, 5.41) is 0.119. The molecule has 1 aliphatic rings. The predicted octanol–water partition coefficient (Wildman–Crippen LogP) is 0.157. The lowest BCUT2D eigenvalue weighted by molar-refractivity contribution is 0.567. The van der Waals surface area contributed by atoms with E-state index in [0.717, 1.165) is 6.54 Å². The van der Waals surface area contributed by atoms with Gasteiger partial charge in [0.1, 0.15) is 0 Å². The molecule has 2 heterocycles. The molecule has 0 aliphatic carbocycles. The fourth-order valence-electron chi connectivity index (χ4n) is 1.43. The molecule has 0 radical (unpaired) electrons. The van der Waals surface area contributed by atoms with Crippen LogP contribution >= 0.6 is 0 Å². The normalized spacial score (nSPS) is 19.1. The predicted molar refractivity (Wildman–Crippen MR) is 52.4 cm³/mol. The van der Waals surface area contributed by atoms with E-state index in [9.17, 15) is 8.42 Å². The van der Waals surface area contributed by atoms with Gasteiger partial charge in [0.15, 0.2) is 5.03 Å². The van der Waals surface area contributed by atoms with Gasteiger partial charge in [-0.3, -0.25) is 0 Å². The van der Waals surface area contributed by atoms with Crippen molar-refractivity contribution in [2.24, 2.45) is 0 Å². The lowest BCUT2D eigenvalue weighted by atomic mass is 10.4. The number of nitrogens with one attached hydrogen (secondary N) is 1. The zero-order chi connectivity index (χ0) is 10.2. The van der Waals surface area contributed by atoms with E-state index in [-0.39, 0.29) is 5.03 Å². The van der Waals surface area contributed by atoms with Crippen LogP contribution in [0, 0.1) is 0 Å². The first-order valence-electron chi connectivity index (χ1n) is 4.35. The summed E-state index contributed by atoms with van der Waals surface area (Å²) in [5.74, 6) is 0. The van der Waals surface area contributed by atoms with Gasteiger partial charge in [-0.2, -0.15) is 4.72 Å². The molecule has 0 aromatic carbocycles. The fourth-order valence-corrected chi connectivity index (χ4v) is 2.56. The van der Waals surface area contributed by atoms with Gasteiger partial charge in [0.05, 0.1) is 12.4 Å². The number of nitrogens with zero attached hydrogens (tertiary/aromatic N) is 2. The third-order valence-corrected chi connectivity index (χ3v) is 3.51. The lowest BCUT2D eigenvalue weighted by Gasteiger charge is -2.29. The van der Waals surface area contributed by atoms with Gasteiger partial charge in [0.25, 0.3) is 10.0 Å². The summed E-state index contributed by atoms with van der Waals surface area (Å²) in [6.07, 6.45) is 1.48. The average Bonchev–Trinajstić information content (AvgIpc) is 2.18. The Labute approximate surface area is 82.8 Å². The van der Waals surface area contributed by atoms with Crippen molar-refractivity contribution in [2.45, 2.75) is 11.9 Å². The molecule has 1 aromatic rings. The monoisotopic (exact) mass is 213 g/mol. The summed E-state index contributed by atoms with van der Waals surface area (Å²) in [6, 6.07) is 3.51. The Morgan fingerprint density at radius 2 is 2.43 bits per heavy atom. The van der Waals surface area contributed by atoms with Gasteiger partial charge in [-0.15, -0.1) is 0 Å². The van der Waals surface area contributed by atoms with Crippen molar-refractivity contribution < 1.29 is 8.42 Å². The number of aromatic nitrogens is 1. The molecule has 2 rings (SSSR count). The van der Waals surface area contributed by atoms with Gasteiger partial charge in [-0.25, -0.2) is 13.4 Å². The summed E-state index contributed by atoms with van der Waals surface area (Å²) < 4.78 is 25.5. The van der Waals surface area contributed by atoms with Gasteiger partial charge >= 0.3 is 0 Å². The minimum Gasteiger partial charge on any atom is -0.356 e. The van der Waals surface area contributed by atoms with Crippen molar-refractivity contribution in [1.29, 1.82) is 0 Å². The average molecular weight is 213 g/mol. The minimum atomic E-state index is -3.39. The van der Waals surface area contributed by atoms with Crippen LogP contribution in [0.3, 0.4) is 0 Å². The number of hydrogen-bond acceptors (Lipinski definition) is 4. The Hall–Kier alpha value is -1.14. The Morgan fingerprint density at radius 3 is 3.14 bits per heavy atom. The number of pyridine rings is 1. The van der Waals surface area contributed by atoms with Gasteiger partial charge in [0, 0.05) is 12.7 Å². The number of sulfonamides is 1. The SMILES string of the molecule is CCN1CNS(=O)(=O)c2ncccc21.